The van der Waals surface area contributed by atoms with Crippen LogP contribution in [0.15, 0.2) is 72.9 Å². The van der Waals surface area contributed by atoms with Crippen molar-refractivity contribution in [2.45, 2.75) is 26.2 Å². The summed E-state index contributed by atoms with van der Waals surface area (Å²) in [5.74, 6) is 0.482. The van der Waals surface area contributed by atoms with Crippen molar-refractivity contribution in [1.82, 2.24) is 15.8 Å². The van der Waals surface area contributed by atoms with Crippen LogP contribution in [-0.2, 0) is 5.41 Å². The van der Waals surface area contributed by atoms with Gasteiger partial charge in [0.05, 0.1) is 0 Å². The van der Waals surface area contributed by atoms with Crippen molar-refractivity contribution < 1.29 is 14.3 Å². The van der Waals surface area contributed by atoms with Crippen LogP contribution in [0.4, 0.5) is 10.5 Å². The van der Waals surface area contributed by atoms with E-state index in [1.807, 2.05) is 24.3 Å². The molecule has 7 heteroatoms. The standard InChI is InChI=1S/C23H24N4O3/c1-23(2,3)17-12-7-8-14-19(17)30-21-18(13-9-15-24-21)25-22(29)27-26-20(28)16-10-5-4-6-11-16/h4-15H,1-3H3,(H,26,28)(H2,25,27,29). The second-order valence-corrected chi connectivity index (χ2v) is 7.60. The zero-order valence-electron chi connectivity index (χ0n) is 17.1. The molecule has 0 aliphatic heterocycles. The van der Waals surface area contributed by atoms with Gasteiger partial charge in [-0.2, -0.15) is 0 Å². The third-order valence-corrected chi connectivity index (χ3v) is 4.25. The molecule has 3 N–H and O–H groups in total. The minimum Gasteiger partial charge on any atom is -0.437 e. The highest BCUT2D eigenvalue weighted by Crippen LogP contribution is 2.35. The van der Waals surface area contributed by atoms with Crippen molar-refractivity contribution in [3.05, 3.63) is 84.1 Å². The summed E-state index contributed by atoms with van der Waals surface area (Å²) in [7, 11) is 0. The molecule has 0 bridgehead atoms. The van der Waals surface area contributed by atoms with Crippen LogP contribution < -0.4 is 20.9 Å². The molecule has 0 fully saturated rings. The fourth-order valence-electron chi connectivity index (χ4n) is 2.78. The van der Waals surface area contributed by atoms with Crippen LogP contribution in [0, 0.1) is 0 Å². The van der Waals surface area contributed by atoms with E-state index in [1.54, 1.807) is 48.7 Å². The predicted molar refractivity (Wildman–Crippen MR) is 116 cm³/mol. The molecular weight excluding hydrogens is 380 g/mol. The monoisotopic (exact) mass is 404 g/mol. The Balaban J connectivity index is 1.69. The average molecular weight is 404 g/mol. The van der Waals surface area contributed by atoms with Gasteiger partial charge in [-0.1, -0.05) is 57.2 Å². The van der Waals surface area contributed by atoms with Crippen LogP contribution in [0.1, 0.15) is 36.7 Å². The minimum absolute atomic E-state index is 0.127. The van der Waals surface area contributed by atoms with Gasteiger partial charge in [0.15, 0.2) is 0 Å². The van der Waals surface area contributed by atoms with E-state index < -0.39 is 11.9 Å². The van der Waals surface area contributed by atoms with E-state index in [9.17, 15) is 9.59 Å². The predicted octanol–water partition coefficient (Wildman–Crippen LogP) is 4.64. The molecule has 1 heterocycles. The number of anilines is 1. The number of rotatable bonds is 4. The number of carbonyl (C=O) groups is 2. The molecule has 3 amide bonds. The van der Waals surface area contributed by atoms with E-state index in [-0.39, 0.29) is 11.3 Å². The number of hydrazine groups is 1. The number of aromatic nitrogens is 1. The number of hydrogen-bond donors (Lipinski definition) is 3. The first-order valence-electron chi connectivity index (χ1n) is 9.49. The summed E-state index contributed by atoms with van der Waals surface area (Å²) in [5, 5.41) is 2.64. The maximum atomic E-state index is 12.3. The number of para-hydroxylation sites is 1. The van der Waals surface area contributed by atoms with Crippen molar-refractivity contribution in [1.29, 1.82) is 0 Å². The maximum Gasteiger partial charge on any atom is 0.338 e. The molecule has 7 nitrogen and oxygen atoms in total. The number of ether oxygens (including phenoxy) is 1. The van der Waals surface area contributed by atoms with Crippen molar-refractivity contribution >= 4 is 17.6 Å². The second-order valence-electron chi connectivity index (χ2n) is 7.60. The summed E-state index contributed by atoms with van der Waals surface area (Å²) < 4.78 is 6.02. The van der Waals surface area contributed by atoms with Gasteiger partial charge in [-0.25, -0.2) is 15.2 Å². The largest absolute Gasteiger partial charge is 0.437 e. The highest BCUT2D eigenvalue weighted by Gasteiger charge is 2.20. The minimum atomic E-state index is -0.624. The highest BCUT2D eigenvalue weighted by molar-refractivity contribution is 5.97. The highest BCUT2D eigenvalue weighted by atomic mass is 16.5. The summed E-state index contributed by atoms with van der Waals surface area (Å²) in [4.78, 5) is 28.6. The molecule has 2 aromatic carbocycles. The number of nitrogens with one attached hydrogen (secondary N) is 3. The summed E-state index contributed by atoms with van der Waals surface area (Å²) in [6.45, 7) is 6.28. The Morgan fingerprint density at radius 3 is 2.30 bits per heavy atom. The molecule has 3 rings (SSSR count). The van der Waals surface area contributed by atoms with Gasteiger partial charge in [-0.15, -0.1) is 0 Å². The lowest BCUT2D eigenvalue weighted by atomic mass is 9.86. The topological polar surface area (TPSA) is 92.3 Å². The number of urea groups is 1. The Hall–Kier alpha value is -3.87. The molecular formula is C23H24N4O3. The molecule has 1 aromatic heterocycles. The first-order valence-corrected chi connectivity index (χ1v) is 9.49. The van der Waals surface area contributed by atoms with Gasteiger partial charge in [0.1, 0.15) is 11.4 Å². The van der Waals surface area contributed by atoms with E-state index in [2.05, 4.69) is 41.9 Å². The van der Waals surface area contributed by atoms with Crippen molar-refractivity contribution in [3.8, 4) is 11.6 Å². The quantitative estimate of drug-likeness (QED) is 0.553. The van der Waals surface area contributed by atoms with Gasteiger partial charge in [-0.05, 0) is 35.7 Å². The fraction of sp³-hybridized carbons (Fsp3) is 0.174. The lowest BCUT2D eigenvalue weighted by molar-refractivity contribution is 0.0938. The van der Waals surface area contributed by atoms with Crippen LogP contribution in [0.2, 0.25) is 0 Å². The number of pyridine rings is 1. The Morgan fingerprint density at radius 2 is 1.57 bits per heavy atom. The van der Waals surface area contributed by atoms with Gasteiger partial charge >= 0.3 is 6.03 Å². The van der Waals surface area contributed by atoms with E-state index in [0.29, 0.717) is 17.0 Å². The van der Waals surface area contributed by atoms with Gasteiger partial charge in [0.2, 0.25) is 5.88 Å². The zero-order chi connectivity index (χ0) is 21.6. The molecule has 0 atom stereocenters. The third kappa shape index (κ3) is 5.35. The van der Waals surface area contributed by atoms with E-state index in [4.69, 9.17) is 4.74 Å². The van der Waals surface area contributed by atoms with E-state index in [1.165, 1.54) is 0 Å². The molecule has 0 aliphatic rings. The molecule has 0 radical (unpaired) electrons. The van der Waals surface area contributed by atoms with Crippen LogP contribution >= 0.6 is 0 Å². The third-order valence-electron chi connectivity index (χ3n) is 4.25. The molecule has 3 aromatic rings. The fourth-order valence-corrected chi connectivity index (χ4v) is 2.78. The number of carbonyl (C=O) groups excluding carboxylic acids is 2. The normalized spacial score (nSPS) is 10.8. The molecule has 154 valence electrons. The molecule has 0 saturated carbocycles. The smallest absolute Gasteiger partial charge is 0.338 e. The summed E-state index contributed by atoms with van der Waals surface area (Å²) in [6, 6.07) is 19.0. The van der Waals surface area contributed by atoms with Gasteiger partial charge in [-0.3, -0.25) is 10.2 Å². The lowest BCUT2D eigenvalue weighted by Gasteiger charge is -2.22. The SMILES string of the molecule is CC(C)(C)c1ccccc1Oc1ncccc1NC(=O)NNC(=O)c1ccccc1. The summed E-state index contributed by atoms with van der Waals surface area (Å²) >= 11 is 0. The second kappa shape index (κ2) is 9.09. The van der Waals surface area contributed by atoms with Gasteiger partial charge in [0, 0.05) is 17.3 Å². The van der Waals surface area contributed by atoms with Crippen molar-refractivity contribution in [2.75, 3.05) is 5.32 Å². The van der Waals surface area contributed by atoms with Crippen LogP contribution in [0.3, 0.4) is 0 Å². The first kappa shape index (κ1) is 20.9. The van der Waals surface area contributed by atoms with Gasteiger partial charge < -0.3 is 10.1 Å². The van der Waals surface area contributed by atoms with E-state index in [0.717, 1.165) is 5.56 Å². The maximum absolute atomic E-state index is 12.3. The summed E-state index contributed by atoms with van der Waals surface area (Å²) in [6.07, 6.45) is 1.58. The number of hydrogen-bond acceptors (Lipinski definition) is 4. The Bertz CT molecular complexity index is 1030. The molecule has 0 aliphatic carbocycles. The van der Waals surface area contributed by atoms with E-state index >= 15 is 0 Å². The number of amides is 3. The molecule has 30 heavy (non-hydrogen) atoms. The number of benzene rings is 2. The Morgan fingerprint density at radius 1 is 0.867 bits per heavy atom. The van der Waals surface area contributed by atoms with Crippen molar-refractivity contribution in [3.63, 3.8) is 0 Å². The lowest BCUT2D eigenvalue weighted by Crippen LogP contribution is -2.43. The Kier molecular flexibility index (Phi) is 6.32. The summed E-state index contributed by atoms with van der Waals surface area (Å²) in [5.41, 5.74) is 6.37. The van der Waals surface area contributed by atoms with Crippen LogP contribution in [0.25, 0.3) is 0 Å². The van der Waals surface area contributed by atoms with Gasteiger partial charge in [0.25, 0.3) is 5.91 Å². The van der Waals surface area contributed by atoms with Crippen molar-refractivity contribution in [2.24, 2.45) is 0 Å². The van der Waals surface area contributed by atoms with Crippen LogP contribution in [0.5, 0.6) is 11.6 Å². The van der Waals surface area contributed by atoms with Crippen LogP contribution in [-0.4, -0.2) is 16.9 Å². The molecule has 0 unspecified atom stereocenters. The number of nitrogens with zero attached hydrogens (tertiary/aromatic N) is 1. The first-order chi connectivity index (χ1) is 14.3. The average Bonchev–Trinajstić information content (AvgIpc) is 2.74. The molecule has 0 saturated heterocycles. The zero-order valence-corrected chi connectivity index (χ0v) is 17.1. The Labute approximate surface area is 175 Å². The molecule has 0 spiro atoms.